The van der Waals surface area contributed by atoms with Crippen molar-refractivity contribution in [3.63, 3.8) is 0 Å². The molecule has 4 heteroatoms. The van der Waals surface area contributed by atoms with Gasteiger partial charge in [0.05, 0.1) is 16.7 Å². The highest BCUT2D eigenvalue weighted by Crippen LogP contribution is 2.39. The van der Waals surface area contributed by atoms with Crippen LogP contribution in [0.5, 0.6) is 11.5 Å². The Kier molecular flexibility index (Phi) is 2.09. The summed E-state index contributed by atoms with van der Waals surface area (Å²) in [5, 5.41) is 12.4. The Bertz CT molecular complexity index is 448. The lowest BCUT2D eigenvalue weighted by Crippen LogP contribution is -1.84. The number of benzene rings is 1. The fourth-order valence-corrected chi connectivity index (χ4v) is 2.48. The van der Waals surface area contributed by atoms with E-state index >= 15 is 0 Å². The topological polar surface area (TPSA) is 29.5 Å². The van der Waals surface area contributed by atoms with Crippen LogP contribution in [0.3, 0.4) is 0 Å². The van der Waals surface area contributed by atoms with Gasteiger partial charge in [0, 0.05) is 11.5 Å². The van der Waals surface area contributed by atoms with Gasteiger partial charge in [-0.05, 0) is 11.4 Å². The summed E-state index contributed by atoms with van der Waals surface area (Å²) in [6.45, 7) is 0. The smallest absolute Gasteiger partial charge is 0.137 e. The van der Waals surface area contributed by atoms with Crippen LogP contribution in [-0.4, -0.2) is 12.2 Å². The first-order valence-corrected chi connectivity index (χ1v) is 5.03. The second-order valence-corrected chi connectivity index (χ2v) is 3.97. The maximum absolute atomic E-state index is 9.59. The van der Waals surface area contributed by atoms with Crippen LogP contribution < -0.4 is 4.74 Å². The van der Waals surface area contributed by atoms with Gasteiger partial charge in [0.25, 0.3) is 0 Å². The summed E-state index contributed by atoms with van der Waals surface area (Å²) >= 11 is 5.82. The van der Waals surface area contributed by atoms with Gasteiger partial charge in [-0.2, -0.15) is 0 Å². The quantitative estimate of drug-likeness (QED) is 0.712. The zero-order chi connectivity index (χ0) is 9.42. The summed E-state index contributed by atoms with van der Waals surface area (Å²) in [6, 6.07) is 3.51. The molecule has 0 unspecified atom stereocenters. The first-order chi connectivity index (χ1) is 6.24. The number of phenols is 1. The van der Waals surface area contributed by atoms with E-state index in [1.807, 2.05) is 11.4 Å². The molecule has 2 rings (SSSR count). The molecule has 0 saturated carbocycles. The number of thiophene rings is 1. The van der Waals surface area contributed by atoms with Gasteiger partial charge in [0.2, 0.25) is 0 Å². The van der Waals surface area contributed by atoms with Crippen molar-refractivity contribution in [1.29, 1.82) is 0 Å². The highest BCUT2D eigenvalue weighted by molar-refractivity contribution is 7.80. The third kappa shape index (κ3) is 1.26. The highest BCUT2D eigenvalue weighted by Gasteiger charge is 2.09. The Morgan fingerprint density at radius 2 is 2.31 bits per heavy atom. The minimum atomic E-state index is 0.250. The van der Waals surface area contributed by atoms with Crippen LogP contribution in [0, 0.1) is 0 Å². The summed E-state index contributed by atoms with van der Waals surface area (Å²) in [5.74, 6) is 0.853. The highest BCUT2D eigenvalue weighted by atomic mass is 32.1. The Morgan fingerprint density at radius 1 is 1.54 bits per heavy atom. The second-order valence-electron chi connectivity index (χ2n) is 2.61. The molecule has 0 aliphatic heterocycles. The SMILES string of the molecule is COc1cc(O)c2sccc2c1S. The first-order valence-electron chi connectivity index (χ1n) is 3.70. The van der Waals surface area contributed by atoms with Crippen molar-refractivity contribution < 1.29 is 9.84 Å². The van der Waals surface area contributed by atoms with Gasteiger partial charge in [-0.25, -0.2) is 0 Å². The number of phenolic OH excluding ortho intramolecular Hbond substituents is 1. The average molecular weight is 212 g/mol. The molecule has 1 heterocycles. The number of fused-ring (bicyclic) bond motifs is 1. The van der Waals surface area contributed by atoms with Crippen LogP contribution in [-0.2, 0) is 0 Å². The number of thiol groups is 1. The van der Waals surface area contributed by atoms with Crippen molar-refractivity contribution >= 4 is 34.1 Å². The van der Waals surface area contributed by atoms with Gasteiger partial charge < -0.3 is 9.84 Å². The molecule has 0 fully saturated rings. The second kappa shape index (κ2) is 3.12. The predicted molar refractivity (Wildman–Crippen MR) is 57.3 cm³/mol. The van der Waals surface area contributed by atoms with Crippen molar-refractivity contribution in [1.82, 2.24) is 0 Å². The fourth-order valence-electron chi connectivity index (χ4n) is 1.24. The average Bonchev–Trinajstić information content (AvgIpc) is 2.60. The first kappa shape index (κ1) is 8.72. The summed E-state index contributed by atoms with van der Waals surface area (Å²) in [6.07, 6.45) is 0. The fraction of sp³-hybridized carbons (Fsp3) is 0.111. The molecular formula is C9H8O2S2. The van der Waals surface area contributed by atoms with Gasteiger partial charge >= 0.3 is 0 Å². The van der Waals surface area contributed by atoms with Crippen LogP contribution in [0.4, 0.5) is 0 Å². The molecule has 0 amide bonds. The van der Waals surface area contributed by atoms with Crippen LogP contribution in [0.2, 0.25) is 0 Å². The number of methoxy groups -OCH3 is 1. The molecule has 0 bridgehead atoms. The summed E-state index contributed by atoms with van der Waals surface area (Å²) < 4.78 is 5.92. The Balaban J connectivity index is 2.85. The number of rotatable bonds is 1. The van der Waals surface area contributed by atoms with Crippen LogP contribution in [0.1, 0.15) is 0 Å². The van der Waals surface area contributed by atoms with E-state index in [0.717, 1.165) is 15.0 Å². The van der Waals surface area contributed by atoms with E-state index in [4.69, 9.17) is 4.74 Å². The number of hydrogen-bond donors (Lipinski definition) is 2. The number of aromatic hydroxyl groups is 1. The van der Waals surface area contributed by atoms with E-state index < -0.39 is 0 Å². The summed E-state index contributed by atoms with van der Waals surface area (Å²) in [4.78, 5) is 0.775. The van der Waals surface area contributed by atoms with E-state index in [1.165, 1.54) is 11.3 Å². The van der Waals surface area contributed by atoms with Crippen molar-refractivity contribution in [2.75, 3.05) is 7.11 Å². The van der Waals surface area contributed by atoms with Gasteiger partial charge in [0.15, 0.2) is 0 Å². The van der Waals surface area contributed by atoms with E-state index in [9.17, 15) is 5.11 Å². The molecule has 2 aromatic rings. The maximum Gasteiger partial charge on any atom is 0.137 e. The molecule has 2 nitrogen and oxygen atoms in total. The maximum atomic E-state index is 9.59. The van der Waals surface area contributed by atoms with E-state index in [2.05, 4.69) is 12.6 Å². The van der Waals surface area contributed by atoms with Crippen LogP contribution in [0.25, 0.3) is 10.1 Å². The lowest BCUT2D eigenvalue weighted by Gasteiger charge is -2.05. The van der Waals surface area contributed by atoms with Crippen molar-refractivity contribution in [2.24, 2.45) is 0 Å². The molecule has 68 valence electrons. The largest absolute Gasteiger partial charge is 0.506 e. The molecule has 1 aromatic carbocycles. The molecular weight excluding hydrogens is 204 g/mol. The van der Waals surface area contributed by atoms with E-state index in [1.54, 1.807) is 13.2 Å². The molecule has 0 radical (unpaired) electrons. The molecule has 0 aliphatic rings. The van der Waals surface area contributed by atoms with Gasteiger partial charge in [-0.3, -0.25) is 0 Å². The van der Waals surface area contributed by atoms with Crippen molar-refractivity contribution in [2.45, 2.75) is 4.90 Å². The Labute approximate surface area is 85.2 Å². The van der Waals surface area contributed by atoms with Gasteiger partial charge in [-0.1, -0.05) is 0 Å². The third-order valence-corrected chi connectivity index (χ3v) is 3.27. The van der Waals surface area contributed by atoms with Crippen molar-refractivity contribution in [3.8, 4) is 11.5 Å². The van der Waals surface area contributed by atoms with E-state index in [0.29, 0.717) is 5.75 Å². The predicted octanol–water partition coefficient (Wildman–Crippen LogP) is 2.90. The monoisotopic (exact) mass is 212 g/mol. The molecule has 13 heavy (non-hydrogen) atoms. The summed E-state index contributed by atoms with van der Waals surface area (Å²) in [7, 11) is 1.56. The van der Waals surface area contributed by atoms with Crippen molar-refractivity contribution in [3.05, 3.63) is 17.5 Å². The Morgan fingerprint density at radius 3 is 3.00 bits per heavy atom. The molecule has 0 atom stereocenters. The molecule has 0 spiro atoms. The minimum Gasteiger partial charge on any atom is -0.506 e. The van der Waals surface area contributed by atoms with Crippen LogP contribution in [0.15, 0.2) is 22.4 Å². The Hall–Kier alpha value is -0.870. The number of hydrogen-bond acceptors (Lipinski definition) is 4. The zero-order valence-corrected chi connectivity index (χ0v) is 8.65. The van der Waals surface area contributed by atoms with Crippen LogP contribution >= 0.6 is 24.0 Å². The lowest BCUT2D eigenvalue weighted by atomic mass is 10.2. The standard InChI is InChI=1S/C9H8O2S2/c1-11-7-4-6(10)9-5(8(7)12)2-3-13-9/h2-4,10,12H,1H3. The molecule has 1 N–H and O–H groups in total. The molecule has 0 saturated heterocycles. The van der Waals surface area contributed by atoms with Gasteiger partial charge in [-0.15, -0.1) is 24.0 Å². The third-order valence-electron chi connectivity index (χ3n) is 1.87. The zero-order valence-electron chi connectivity index (χ0n) is 6.94. The van der Waals surface area contributed by atoms with E-state index in [-0.39, 0.29) is 5.75 Å². The minimum absolute atomic E-state index is 0.250. The number of ether oxygens (including phenoxy) is 1. The molecule has 1 aromatic heterocycles. The normalized spacial score (nSPS) is 10.6. The summed E-state index contributed by atoms with van der Waals surface area (Å²) in [5.41, 5.74) is 0. The lowest BCUT2D eigenvalue weighted by molar-refractivity contribution is 0.400. The molecule has 0 aliphatic carbocycles. The van der Waals surface area contributed by atoms with Gasteiger partial charge in [0.1, 0.15) is 11.5 Å².